The number of esters is 1. The van der Waals surface area contributed by atoms with Gasteiger partial charge in [-0.3, -0.25) is 4.79 Å². The number of carbonyl (C=O) groups is 1. The third-order valence-corrected chi connectivity index (χ3v) is 10.6. The predicted octanol–water partition coefficient (Wildman–Crippen LogP) is 5.33. The van der Waals surface area contributed by atoms with Crippen LogP contribution < -0.4 is 0 Å². The van der Waals surface area contributed by atoms with Crippen molar-refractivity contribution in [1.29, 1.82) is 0 Å². The van der Waals surface area contributed by atoms with Gasteiger partial charge in [-0.1, -0.05) is 81.0 Å². The van der Waals surface area contributed by atoms with E-state index in [9.17, 15) is 4.79 Å². The maximum absolute atomic E-state index is 12.1. The molecule has 0 radical (unpaired) electrons. The van der Waals surface area contributed by atoms with Crippen LogP contribution in [0, 0.1) is 5.92 Å². The minimum atomic E-state index is -1.18. The molecule has 0 unspecified atom stereocenters. The second-order valence-electron chi connectivity index (χ2n) is 6.64. The van der Waals surface area contributed by atoms with E-state index in [0.717, 1.165) is 12.8 Å². The standard InChI is InChI=1S/C20H30O2Si/c1-4-23(5-2,6-3)15-11-10-14-22-20(21)19-16-18(19)17-12-8-7-9-13-17/h7-9,11-13,15,18-19H,4-6,10,14,16H2,1-3H3/b15-11+/t18-,19+/m0/s1. The average Bonchev–Trinajstić information content (AvgIpc) is 3.40. The Kier molecular flexibility index (Phi) is 6.64. The van der Waals surface area contributed by atoms with Gasteiger partial charge in [-0.2, -0.15) is 0 Å². The SMILES string of the molecule is CC[Si](/C=C/CCOC(=O)[C@@H]1C[C@H]1c1ccccc1)(CC)CC. The molecule has 0 spiro atoms. The fourth-order valence-corrected chi connectivity index (χ4v) is 6.17. The molecule has 0 saturated heterocycles. The van der Waals surface area contributed by atoms with Gasteiger partial charge in [0.2, 0.25) is 0 Å². The second-order valence-corrected chi connectivity index (χ2v) is 11.8. The van der Waals surface area contributed by atoms with Crippen molar-refractivity contribution in [3.63, 3.8) is 0 Å². The van der Waals surface area contributed by atoms with Gasteiger partial charge in [0.25, 0.3) is 0 Å². The lowest BCUT2D eigenvalue weighted by Gasteiger charge is -2.23. The number of hydrogen-bond donors (Lipinski definition) is 0. The molecule has 0 bridgehead atoms. The van der Waals surface area contributed by atoms with E-state index in [2.05, 4.69) is 44.7 Å². The lowest BCUT2D eigenvalue weighted by atomic mass is 10.1. The Hall–Kier alpha value is -1.35. The van der Waals surface area contributed by atoms with E-state index >= 15 is 0 Å². The number of ether oxygens (including phenoxy) is 1. The first-order valence-corrected chi connectivity index (χ1v) is 11.7. The van der Waals surface area contributed by atoms with Gasteiger partial charge in [0.15, 0.2) is 0 Å². The summed E-state index contributed by atoms with van der Waals surface area (Å²) in [5.41, 5.74) is 3.73. The molecule has 3 heteroatoms. The summed E-state index contributed by atoms with van der Waals surface area (Å²) in [6.07, 6.45) is 4.04. The Balaban J connectivity index is 1.70. The van der Waals surface area contributed by atoms with Crippen molar-refractivity contribution in [1.82, 2.24) is 0 Å². The topological polar surface area (TPSA) is 26.3 Å². The van der Waals surface area contributed by atoms with E-state index in [0.29, 0.717) is 12.5 Å². The summed E-state index contributed by atoms with van der Waals surface area (Å²) >= 11 is 0. The average molecular weight is 331 g/mol. The molecular weight excluding hydrogens is 300 g/mol. The summed E-state index contributed by atoms with van der Waals surface area (Å²) in [5, 5.41) is 0. The summed E-state index contributed by atoms with van der Waals surface area (Å²) in [7, 11) is -1.18. The monoisotopic (exact) mass is 330 g/mol. The summed E-state index contributed by atoms with van der Waals surface area (Å²) in [5.74, 6) is 0.438. The Morgan fingerprint density at radius 2 is 1.83 bits per heavy atom. The van der Waals surface area contributed by atoms with E-state index in [1.165, 1.54) is 23.7 Å². The molecule has 1 fully saturated rings. The van der Waals surface area contributed by atoms with Gasteiger partial charge in [-0.25, -0.2) is 0 Å². The molecule has 2 rings (SSSR count). The Morgan fingerprint density at radius 1 is 1.17 bits per heavy atom. The molecule has 0 aliphatic heterocycles. The lowest BCUT2D eigenvalue weighted by Crippen LogP contribution is -2.28. The van der Waals surface area contributed by atoms with Crippen LogP contribution in [0.3, 0.4) is 0 Å². The summed E-state index contributed by atoms with van der Waals surface area (Å²) in [4.78, 5) is 12.1. The zero-order valence-electron chi connectivity index (χ0n) is 14.8. The normalized spacial score (nSPS) is 20.7. The molecule has 1 saturated carbocycles. The predicted molar refractivity (Wildman–Crippen MR) is 99.2 cm³/mol. The van der Waals surface area contributed by atoms with Gasteiger partial charge < -0.3 is 4.74 Å². The minimum absolute atomic E-state index is 0.0164. The minimum Gasteiger partial charge on any atom is -0.465 e. The summed E-state index contributed by atoms with van der Waals surface area (Å²) < 4.78 is 5.46. The van der Waals surface area contributed by atoms with E-state index in [-0.39, 0.29) is 11.9 Å². The molecule has 0 heterocycles. The molecule has 2 atom stereocenters. The third kappa shape index (κ3) is 4.81. The zero-order valence-corrected chi connectivity index (χ0v) is 15.8. The van der Waals surface area contributed by atoms with Crippen molar-refractivity contribution < 1.29 is 9.53 Å². The molecule has 0 aromatic heterocycles. The number of hydrogen-bond acceptors (Lipinski definition) is 2. The van der Waals surface area contributed by atoms with Gasteiger partial charge in [-0.15, -0.1) is 0 Å². The fourth-order valence-electron chi connectivity index (χ4n) is 3.30. The number of benzene rings is 1. The summed E-state index contributed by atoms with van der Waals surface area (Å²) in [6, 6.07) is 14.2. The van der Waals surface area contributed by atoms with Crippen LogP contribution >= 0.6 is 0 Å². The van der Waals surface area contributed by atoms with E-state index in [1.807, 2.05) is 18.2 Å². The Labute approximate surface area is 142 Å². The smallest absolute Gasteiger partial charge is 0.309 e. The van der Waals surface area contributed by atoms with Crippen LogP contribution in [0.1, 0.15) is 45.1 Å². The molecule has 1 aromatic carbocycles. The van der Waals surface area contributed by atoms with Crippen LogP contribution in [0.4, 0.5) is 0 Å². The number of rotatable bonds is 9. The quantitative estimate of drug-likeness (QED) is 0.347. The Morgan fingerprint density at radius 3 is 2.43 bits per heavy atom. The highest BCUT2D eigenvalue weighted by Gasteiger charge is 2.44. The van der Waals surface area contributed by atoms with Crippen molar-refractivity contribution in [2.75, 3.05) is 6.61 Å². The molecule has 23 heavy (non-hydrogen) atoms. The van der Waals surface area contributed by atoms with Crippen molar-refractivity contribution >= 4 is 14.0 Å². The highest BCUT2D eigenvalue weighted by molar-refractivity contribution is 6.84. The van der Waals surface area contributed by atoms with Crippen LogP contribution in [-0.2, 0) is 9.53 Å². The highest BCUT2D eigenvalue weighted by atomic mass is 28.3. The first-order chi connectivity index (χ1) is 11.2. The van der Waals surface area contributed by atoms with Gasteiger partial charge in [0.05, 0.1) is 20.6 Å². The highest BCUT2D eigenvalue weighted by Crippen LogP contribution is 2.48. The molecule has 126 valence electrons. The van der Waals surface area contributed by atoms with Crippen molar-refractivity contribution in [3.8, 4) is 0 Å². The van der Waals surface area contributed by atoms with Crippen molar-refractivity contribution in [2.24, 2.45) is 5.92 Å². The first kappa shape index (κ1) is 18.0. The molecule has 1 aromatic rings. The van der Waals surface area contributed by atoms with Gasteiger partial charge in [0, 0.05) is 0 Å². The van der Waals surface area contributed by atoms with Gasteiger partial charge in [0.1, 0.15) is 0 Å². The second kappa shape index (κ2) is 8.49. The van der Waals surface area contributed by atoms with Gasteiger partial charge in [-0.05, 0) is 24.3 Å². The van der Waals surface area contributed by atoms with Crippen molar-refractivity contribution in [2.45, 2.75) is 57.7 Å². The van der Waals surface area contributed by atoms with E-state index < -0.39 is 8.07 Å². The van der Waals surface area contributed by atoms with Gasteiger partial charge >= 0.3 is 5.97 Å². The molecule has 0 N–H and O–H groups in total. The van der Waals surface area contributed by atoms with Crippen LogP contribution in [-0.4, -0.2) is 20.7 Å². The van der Waals surface area contributed by atoms with Crippen molar-refractivity contribution in [3.05, 3.63) is 47.7 Å². The molecule has 0 amide bonds. The van der Waals surface area contributed by atoms with Crippen LogP contribution in [0.2, 0.25) is 18.1 Å². The zero-order chi connectivity index (χ0) is 16.7. The van der Waals surface area contributed by atoms with E-state index in [4.69, 9.17) is 4.74 Å². The van der Waals surface area contributed by atoms with E-state index in [1.54, 1.807) is 0 Å². The van der Waals surface area contributed by atoms with Crippen LogP contribution in [0.25, 0.3) is 0 Å². The lowest BCUT2D eigenvalue weighted by molar-refractivity contribution is -0.145. The maximum atomic E-state index is 12.1. The summed E-state index contributed by atoms with van der Waals surface area (Å²) in [6.45, 7) is 7.44. The Bertz CT molecular complexity index is 511. The molecule has 2 nitrogen and oxygen atoms in total. The number of carbonyl (C=O) groups excluding carboxylic acids is 1. The fraction of sp³-hybridized carbons (Fsp3) is 0.550. The van der Waals surface area contributed by atoms with Crippen LogP contribution in [0.5, 0.6) is 0 Å². The molecule has 1 aliphatic carbocycles. The molecule has 1 aliphatic rings. The first-order valence-electron chi connectivity index (χ1n) is 9.05. The third-order valence-electron chi connectivity index (χ3n) is 5.43. The van der Waals surface area contributed by atoms with Crippen LogP contribution in [0.15, 0.2) is 42.1 Å². The molecular formula is C20H30O2Si. The largest absolute Gasteiger partial charge is 0.465 e. The maximum Gasteiger partial charge on any atom is 0.309 e.